The van der Waals surface area contributed by atoms with Crippen molar-refractivity contribution in [2.24, 2.45) is 0 Å². The normalized spacial score (nSPS) is 17.2. The maximum absolute atomic E-state index is 12.4. The summed E-state index contributed by atoms with van der Waals surface area (Å²) in [6.07, 6.45) is 7.02. The van der Waals surface area contributed by atoms with E-state index in [1.54, 1.807) is 18.6 Å². The first-order valence-corrected chi connectivity index (χ1v) is 6.92. The molecule has 0 saturated carbocycles. The van der Waals surface area contributed by atoms with E-state index in [-0.39, 0.29) is 11.9 Å². The van der Waals surface area contributed by atoms with E-state index in [2.05, 4.69) is 27.2 Å². The van der Waals surface area contributed by atoms with Gasteiger partial charge in [0, 0.05) is 30.0 Å². The molecule has 0 atom stereocenters. The molecule has 1 N–H and O–H groups in total. The van der Waals surface area contributed by atoms with E-state index in [1.165, 1.54) is 0 Å². The zero-order valence-corrected chi connectivity index (χ0v) is 11.5. The molecule has 0 bridgehead atoms. The van der Waals surface area contributed by atoms with Crippen LogP contribution in [0.4, 0.5) is 0 Å². The molecule has 104 valence electrons. The average Bonchev–Trinajstić information content (AvgIpc) is 2.49. The second kappa shape index (κ2) is 5.54. The number of fused-ring (bicyclic) bond motifs is 1. The first kappa shape index (κ1) is 13.0. The molecular weight excluding hydrogens is 252 g/mol. The van der Waals surface area contributed by atoms with Crippen molar-refractivity contribution in [2.75, 3.05) is 20.1 Å². The highest BCUT2D eigenvalue weighted by molar-refractivity contribution is 6.04. The third-order valence-corrected chi connectivity index (χ3v) is 3.81. The zero-order valence-electron chi connectivity index (χ0n) is 11.5. The molecule has 0 unspecified atom stereocenters. The van der Waals surface area contributed by atoms with Gasteiger partial charge in [0.1, 0.15) is 0 Å². The molecule has 20 heavy (non-hydrogen) atoms. The molecule has 1 fully saturated rings. The van der Waals surface area contributed by atoms with Gasteiger partial charge in [-0.15, -0.1) is 0 Å². The number of pyridine rings is 2. The molecule has 5 heteroatoms. The predicted molar refractivity (Wildman–Crippen MR) is 77.5 cm³/mol. The molecule has 3 heterocycles. The molecule has 2 aromatic heterocycles. The number of carbonyl (C=O) groups excluding carboxylic acids is 1. The Kier molecular flexibility index (Phi) is 3.60. The van der Waals surface area contributed by atoms with Crippen molar-refractivity contribution in [1.82, 2.24) is 20.2 Å². The van der Waals surface area contributed by atoms with E-state index in [4.69, 9.17) is 0 Å². The molecule has 0 aromatic carbocycles. The summed E-state index contributed by atoms with van der Waals surface area (Å²) in [4.78, 5) is 23.1. The summed E-state index contributed by atoms with van der Waals surface area (Å²) >= 11 is 0. The Balaban J connectivity index is 1.79. The van der Waals surface area contributed by atoms with E-state index in [1.807, 2.05) is 12.1 Å². The first-order chi connectivity index (χ1) is 9.74. The summed E-state index contributed by atoms with van der Waals surface area (Å²) < 4.78 is 0. The molecular formula is C15H18N4O. The van der Waals surface area contributed by atoms with Gasteiger partial charge in [0.05, 0.1) is 11.1 Å². The number of rotatable bonds is 2. The van der Waals surface area contributed by atoms with Gasteiger partial charge in [0.15, 0.2) is 0 Å². The Hall–Kier alpha value is -2.01. The third-order valence-electron chi connectivity index (χ3n) is 3.81. The topological polar surface area (TPSA) is 58.1 Å². The minimum Gasteiger partial charge on any atom is -0.349 e. The molecule has 1 aliphatic heterocycles. The van der Waals surface area contributed by atoms with Crippen molar-refractivity contribution >= 4 is 16.8 Å². The molecule has 5 nitrogen and oxygen atoms in total. The maximum Gasteiger partial charge on any atom is 0.255 e. The van der Waals surface area contributed by atoms with Crippen LogP contribution in [0.15, 0.2) is 30.7 Å². The second-order valence-corrected chi connectivity index (χ2v) is 5.31. The van der Waals surface area contributed by atoms with Gasteiger partial charge in [-0.2, -0.15) is 0 Å². The van der Waals surface area contributed by atoms with E-state index in [9.17, 15) is 4.79 Å². The average molecular weight is 270 g/mol. The fourth-order valence-corrected chi connectivity index (χ4v) is 2.58. The highest BCUT2D eigenvalue weighted by Gasteiger charge is 2.20. The number of aromatic nitrogens is 2. The van der Waals surface area contributed by atoms with E-state index in [0.29, 0.717) is 11.1 Å². The van der Waals surface area contributed by atoms with Gasteiger partial charge in [-0.25, -0.2) is 0 Å². The standard InChI is InChI=1S/C15H18N4O/c1-19-7-4-12(5-8-19)18-15(20)13-10-16-9-11-3-2-6-17-14(11)13/h2-3,6,9-10,12H,4-5,7-8H2,1H3,(H,18,20). The fraction of sp³-hybridized carbons (Fsp3) is 0.400. The summed E-state index contributed by atoms with van der Waals surface area (Å²) in [5.41, 5.74) is 1.27. The summed E-state index contributed by atoms with van der Waals surface area (Å²) in [5.74, 6) is -0.0728. The number of amides is 1. The Labute approximate surface area is 118 Å². The molecule has 1 saturated heterocycles. The molecule has 1 amide bonds. The third kappa shape index (κ3) is 2.63. The molecule has 0 spiro atoms. The molecule has 1 aliphatic rings. The lowest BCUT2D eigenvalue weighted by molar-refractivity contribution is 0.0918. The summed E-state index contributed by atoms with van der Waals surface area (Å²) in [7, 11) is 2.11. The second-order valence-electron chi connectivity index (χ2n) is 5.31. The highest BCUT2D eigenvalue weighted by Crippen LogP contribution is 2.15. The van der Waals surface area contributed by atoms with Gasteiger partial charge in [-0.1, -0.05) is 0 Å². The van der Waals surface area contributed by atoms with Crippen molar-refractivity contribution in [3.63, 3.8) is 0 Å². The largest absolute Gasteiger partial charge is 0.349 e. The van der Waals surface area contributed by atoms with E-state index < -0.39 is 0 Å². The van der Waals surface area contributed by atoms with Crippen molar-refractivity contribution < 1.29 is 4.79 Å². The summed E-state index contributed by atoms with van der Waals surface area (Å²) in [6, 6.07) is 4.02. The number of nitrogens with zero attached hydrogens (tertiary/aromatic N) is 3. The van der Waals surface area contributed by atoms with Crippen LogP contribution in [0.25, 0.3) is 10.9 Å². The summed E-state index contributed by atoms with van der Waals surface area (Å²) in [5, 5.41) is 3.99. The number of piperidine rings is 1. The van der Waals surface area contributed by atoms with Gasteiger partial charge in [-0.3, -0.25) is 14.8 Å². The number of likely N-dealkylation sites (tertiary alicyclic amines) is 1. The fourth-order valence-electron chi connectivity index (χ4n) is 2.58. The van der Waals surface area contributed by atoms with Crippen molar-refractivity contribution in [1.29, 1.82) is 0 Å². The van der Waals surface area contributed by atoms with Crippen LogP contribution in [0.1, 0.15) is 23.2 Å². The number of nitrogens with one attached hydrogen (secondary N) is 1. The van der Waals surface area contributed by atoms with Crippen LogP contribution in [0.5, 0.6) is 0 Å². The lowest BCUT2D eigenvalue weighted by Gasteiger charge is -2.29. The lowest BCUT2D eigenvalue weighted by atomic mass is 10.0. The molecule has 0 aliphatic carbocycles. The smallest absolute Gasteiger partial charge is 0.255 e. The first-order valence-electron chi connectivity index (χ1n) is 6.92. The minimum absolute atomic E-state index is 0.0728. The van der Waals surface area contributed by atoms with Crippen molar-refractivity contribution in [2.45, 2.75) is 18.9 Å². The van der Waals surface area contributed by atoms with E-state index in [0.717, 1.165) is 31.3 Å². The number of hydrogen-bond acceptors (Lipinski definition) is 4. The monoisotopic (exact) mass is 270 g/mol. The van der Waals surface area contributed by atoms with Gasteiger partial charge < -0.3 is 10.2 Å². The number of carbonyl (C=O) groups is 1. The van der Waals surface area contributed by atoms with Crippen LogP contribution in [0.2, 0.25) is 0 Å². The van der Waals surface area contributed by atoms with Crippen LogP contribution in [-0.4, -0.2) is 47.0 Å². The Morgan fingerprint density at radius 2 is 2.15 bits per heavy atom. The Morgan fingerprint density at radius 1 is 1.35 bits per heavy atom. The minimum atomic E-state index is -0.0728. The highest BCUT2D eigenvalue weighted by atomic mass is 16.1. The maximum atomic E-state index is 12.4. The molecule has 3 rings (SSSR count). The van der Waals surface area contributed by atoms with Crippen LogP contribution in [0.3, 0.4) is 0 Å². The number of hydrogen-bond donors (Lipinski definition) is 1. The molecule has 0 radical (unpaired) electrons. The van der Waals surface area contributed by atoms with E-state index >= 15 is 0 Å². The quantitative estimate of drug-likeness (QED) is 0.897. The SMILES string of the molecule is CN1CCC(NC(=O)c2cncc3cccnc23)CC1. The predicted octanol–water partition coefficient (Wildman–Crippen LogP) is 1.45. The summed E-state index contributed by atoms with van der Waals surface area (Å²) in [6.45, 7) is 2.05. The van der Waals surface area contributed by atoms with Crippen molar-refractivity contribution in [3.05, 3.63) is 36.3 Å². The zero-order chi connectivity index (χ0) is 13.9. The van der Waals surface area contributed by atoms with Crippen LogP contribution >= 0.6 is 0 Å². The van der Waals surface area contributed by atoms with Gasteiger partial charge in [0.25, 0.3) is 5.91 Å². The van der Waals surface area contributed by atoms with Gasteiger partial charge in [-0.05, 0) is 45.1 Å². The van der Waals surface area contributed by atoms with Crippen LogP contribution < -0.4 is 5.32 Å². The van der Waals surface area contributed by atoms with Gasteiger partial charge in [0.2, 0.25) is 0 Å². The van der Waals surface area contributed by atoms with Crippen LogP contribution in [-0.2, 0) is 0 Å². The van der Waals surface area contributed by atoms with Gasteiger partial charge >= 0.3 is 0 Å². The lowest BCUT2D eigenvalue weighted by Crippen LogP contribution is -2.43. The van der Waals surface area contributed by atoms with Crippen LogP contribution in [0, 0.1) is 0 Å². The Morgan fingerprint density at radius 3 is 2.95 bits per heavy atom. The molecule has 2 aromatic rings. The van der Waals surface area contributed by atoms with Crippen molar-refractivity contribution in [3.8, 4) is 0 Å². The Bertz CT molecular complexity index is 615.